The first-order chi connectivity index (χ1) is 19.4. The van der Waals surface area contributed by atoms with Gasteiger partial charge in [-0.1, -0.05) is 93.6 Å². The highest BCUT2D eigenvalue weighted by molar-refractivity contribution is 6.74. The highest BCUT2D eigenvalue weighted by Gasteiger charge is 2.39. The van der Waals surface area contributed by atoms with Gasteiger partial charge in [0.25, 0.3) is 0 Å². The number of ketones is 1. The van der Waals surface area contributed by atoms with Crippen LogP contribution in [0.15, 0.2) is 84.9 Å². The molecular formula is C34H42O6Si. The topological polar surface area (TPSA) is 78.9 Å². The zero-order chi connectivity index (χ0) is 29.9. The van der Waals surface area contributed by atoms with Crippen LogP contribution in [0.3, 0.4) is 0 Å². The van der Waals surface area contributed by atoms with Crippen molar-refractivity contribution in [3.8, 4) is 5.75 Å². The van der Waals surface area contributed by atoms with E-state index in [1.807, 2.05) is 72.8 Å². The number of ether oxygens (including phenoxy) is 2. The third kappa shape index (κ3) is 10.3. The van der Waals surface area contributed by atoms with Crippen LogP contribution in [0.5, 0.6) is 5.75 Å². The molecule has 0 fully saturated rings. The molecule has 0 aliphatic heterocycles. The third-order valence-corrected chi connectivity index (χ3v) is 11.9. The molecule has 218 valence electrons. The van der Waals surface area contributed by atoms with E-state index in [1.165, 1.54) is 0 Å². The van der Waals surface area contributed by atoms with Crippen molar-refractivity contribution in [2.45, 2.75) is 77.8 Å². The Balaban J connectivity index is 1.67. The average Bonchev–Trinajstić information content (AvgIpc) is 2.95. The smallest absolute Gasteiger partial charge is 0.306 e. The summed E-state index contributed by atoms with van der Waals surface area (Å²) in [6.45, 7) is 11.2. The van der Waals surface area contributed by atoms with Crippen LogP contribution in [0.1, 0.15) is 67.9 Å². The number of Topliss-reactive ketones (excluding diaryl/α,β-unsaturated/α-hetero) is 1. The van der Waals surface area contributed by atoms with Gasteiger partial charge in [0.1, 0.15) is 19.0 Å². The second kappa shape index (κ2) is 14.8. The van der Waals surface area contributed by atoms with E-state index in [-0.39, 0.29) is 61.7 Å². The lowest BCUT2D eigenvalue weighted by Gasteiger charge is -2.36. The standard InChI is InChI=1S/C34H42O6Si/c1-34(2,3)41(4,5)40-30-18-12-17-29(23-30)33(37)28(19-21-31(35)38-24-26-13-8-6-9-14-26)20-22-32(36)39-25-27-15-10-7-11-16-27/h6-18,23,28H,19-22,24-25H2,1-5H3. The largest absolute Gasteiger partial charge is 0.543 e. The summed E-state index contributed by atoms with van der Waals surface area (Å²) < 4.78 is 17.3. The maximum Gasteiger partial charge on any atom is 0.306 e. The van der Waals surface area contributed by atoms with E-state index < -0.39 is 14.2 Å². The van der Waals surface area contributed by atoms with Gasteiger partial charge in [0.05, 0.1) is 0 Å². The van der Waals surface area contributed by atoms with Gasteiger partial charge in [-0.2, -0.15) is 0 Å². The number of carbonyl (C=O) groups excluding carboxylic acids is 3. The number of esters is 2. The maximum absolute atomic E-state index is 13.7. The SMILES string of the molecule is CC(C)(C)[Si](C)(C)Oc1cccc(C(=O)C(CCC(=O)OCc2ccccc2)CCC(=O)OCc2ccccc2)c1. The van der Waals surface area contributed by atoms with E-state index in [9.17, 15) is 14.4 Å². The zero-order valence-corrected chi connectivity index (χ0v) is 25.9. The first kappa shape index (κ1) is 31.8. The molecule has 3 aromatic carbocycles. The van der Waals surface area contributed by atoms with Gasteiger partial charge in [0.2, 0.25) is 8.32 Å². The summed E-state index contributed by atoms with van der Waals surface area (Å²) in [5.74, 6) is -0.781. The first-order valence-electron chi connectivity index (χ1n) is 14.2. The lowest BCUT2D eigenvalue weighted by Crippen LogP contribution is -2.43. The Kier molecular flexibility index (Phi) is 11.5. The Hall–Kier alpha value is -3.71. The Labute approximate surface area is 245 Å². The summed E-state index contributed by atoms with van der Waals surface area (Å²) >= 11 is 0. The minimum atomic E-state index is -2.10. The summed E-state index contributed by atoms with van der Waals surface area (Å²) in [6, 6.07) is 26.1. The molecule has 3 rings (SSSR count). The van der Waals surface area contributed by atoms with Crippen LogP contribution >= 0.6 is 0 Å². The van der Waals surface area contributed by atoms with E-state index in [1.54, 1.807) is 12.1 Å². The van der Waals surface area contributed by atoms with Gasteiger partial charge in [0.15, 0.2) is 5.78 Å². The van der Waals surface area contributed by atoms with E-state index in [4.69, 9.17) is 13.9 Å². The molecule has 0 N–H and O–H groups in total. The molecule has 0 heterocycles. The van der Waals surface area contributed by atoms with Gasteiger partial charge in [-0.15, -0.1) is 0 Å². The molecule has 0 atom stereocenters. The minimum absolute atomic E-state index is 0.00969. The third-order valence-electron chi connectivity index (χ3n) is 7.55. The fourth-order valence-electron chi connectivity index (χ4n) is 4.01. The molecule has 0 amide bonds. The Morgan fingerprint density at radius 2 is 1.20 bits per heavy atom. The van der Waals surface area contributed by atoms with Crippen LogP contribution in [0.25, 0.3) is 0 Å². The highest BCUT2D eigenvalue weighted by Crippen LogP contribution is 2.37. The van der Waals surface area contributed by atoms with E-state index >= 15 is 0 Å². The number of carbonyl (C=O) groups is 3. The molecule has 0 radical (unpaired) electrons. The van der Waals surface area contributed by atoms with Crippen LogP contribution in [0, 0.1) is 5.92 Å². The number of hydrogen-bond acceptors (Lipinski definition) is 6. The summed E-state index contributed by atoms with van der Waals surface area (Å²) in [6.07, 6.45) is 0.683. The number of hydrogen-bond donors (Lipinski definition) is 0. The Bertz CT molecular complexity index is 1220. The minimum Gasteiger partial charge on any atom is -0.543 e. The van der Waals surface area contributed by atoms with Crippen molar-refractivity contribution in [3.63, 3.8) is 0 Å². The van der Waals surface area contributed by atoms with Crippen molar-refractivity contribution >= 4 is 26.0 Å². The molecule has 0 aromatic heterocycles. The molecule has 0 spiro atoms. The van der Waals surface area contributed by atoms with Crippen molar-refractivity contribution in [2.75, 3.05) is 0 Å². The summed E-state index contributed by atoms with van der Waals surface area (Å²) in [5, 5.41) is 0.00969. The van der Waals surface area contributed by atoms with E-state index in [0.717, 1.165) is 11.1 Å². The monoisotopic (exact) mass is 574 g/mol. The molecule has 41 heavy (non-hydrogen) atoms. The fourth-order valence-corrected chi connectivity index (χ4v) is 5.03. The van der Waals surface area contributed by atoms with Gasteiger partial charge < -0.3 is 13.9 Å². The number of benzene rings is 3. The Morgan fingerprint density at radius 1 is 0.707 bits per heavy atom. The molecule has 0 aliphatic rings. The van der Waals surface area contributed by atoms with Gasteiger partial charge in [0, 0.05) is 24.3 Å². The van der Waals surface area contributed by atoms with Crippen LogP contribution in [-0.2, 0) is 32.3 Å². The van der Waals surface area contributed by atoms with Crippen LogP contribution in [-0.4, -0.2) is 26.0 Å². The van der Waals surface area contributed by atoms with Crippen LogP contribution in [0.4, 0.5) is 0 Å². The van der Waals surface area contributed by atoms with Crippen molar-refractivity contribution < 1.29 is 28.3 Å². The molecule has 6 nitrogen and oxygen atoms in total. The predicted octanol–water partition coefficient (Wildman–Crippen LogP) is 7.92. The molecule has 0 bridgehead atoms. The van der Waals surface area contributed by atoms with Crippen LogP contribution in [0.2, 0.25) is 18.1 Å². The normalized spacial score (nSPS) is 11.7. The average molecular weight is 575 g/mol. The summed E-state index contributed by atoms with van der Waals surface area (Å²) in [7, 11) is -2.10. The number of rotatable bonds is 14. The van der Waals surface area contributed by atoms with Gasteiger partial charge in [-0.25, -0.2) is 0 Å². The van der Waals surface area contributed by atoms with Crippen molar-refractivity contribution in [1.29, 1.82) is 0 Å². The van der Waals surface area contributed by atoms with Crippen molar-refractivity contribution in [1.82, 2.24) is 0 Å². The molecule has 0 saturated heterocycles. The highest BCUT2D eigenvalue weighted by atomic mass is 28.4. The lowest BCUT2D eigenvalue weighted by atomic mass is 9.89. The van der Waals surface area contributed by atoms with Gasteiger partial charge in [-0.05, 0) is 54.2 Å². The molecule has 0 unspecified atom stereocenters. The van der Waals surface area contributed by atoms with Crippen LogP contribution < -0.4 is 4.43 Å². The first-order valence-corrected chi connectivity index (χ1v) is 17.1. The predicted molar refractivity (Wildman–Crippen MR) is 163 cm³/mol. The maximum atomic E-state index is 13.7. The molecule has 3 aromatic rings. The molecule has 7 heteroatoms. The quantitative estimate of drug-likeness (QED) is 0.111. The zero-order valence-electron chi connectivity index (χ0n) is 24.9. The van der Waals surface area contributed by atoms with E-state index in [0.29, 0.717) is 11.3 Å². The van der Waals surface area contributed by atoms with E-state index in [2.05, 4.69) is 33.9 Å². The second-order valence-corrected chi connectivity index (χ2v) is 16.5. The summed E-state index contributed by atoms with van der Waals surface area (Å²) in [4.78, 5) is 38.8. The van der Waals surface area contributed by atoms with Crippen molar-refractivity contribution in [3.05, 3.63) is 102 Å². The van der Waals surface area contributed by atoms with Crippen molar-refractivity contribution in [2.24, 2.45) is 5.92 Å². The molecule has 0 aliphatic carbocycles. The van der Waals surface area contributed by atoms with Gasteiger partial charge in [-0.3, -0.25) is 14.4 Å². The Morgan fingerprint density at radius 3 is 1.66 bits per heavy atom. The molecular weight excluding hydrogens is 532 g/mol. The second-order valence-electron chi connectivity index (χ2n) is 11.8. The summed E-state index contributed by atoms with van der Waals surface area (Å²) in [5.41, 5.74) is 2.29. The van der Waals surface area contributed by atoms with Gasteiger partial charge >= 0.3 is 11.9 Å². The lowest BCUT2D eigenvalue weighted by molar-refractivity contribution is -0.145. The fraction of sp³-hybridized carbons (Fsp3) is 0.382. The molecule has 0 saturated carbocycles.